The van der Waals surface area contributed by atoms with Gasteiger partial charge in [0.25, 0.3) is 11.6 Å². The number of phenolic OH excluding ortho intramolecular Hbond substituents is 1. The Morgan fingerprint density at radius 1 is 1.08 bits per heavy atom. The number of fused-ring (bicyclic) bond motifs is 1. The van der Waals surface area contributed by atoms with Gasteiger partial charge in [0.15, 0.2) is 0 Å². The number of aromatic hydroxyl groups is 1. The minimum Gasteiger partial charge on any atom is -0.507 e. The molecule has 0 fully saturated rings. The molecule has 0 aromatic heterocycles. The van der Waals surface area contributed by atoms with Crippen LogP contribution in [-0.2, 0) is 0 Å². The van der Waals surface area contributed by atoms with E-state index in [1.54, 1.807) is 25.1 Å². The molecule has 0 bridgehead atoms. The Morgan fingerprint density at radius 2 is 1.77 bits per heavy atom. The predicted molar refractivity (Wildman–Crippen MR) is 98.4 cm³/mol. The molecule has 26 heavy (non-hydrogen) atoms. The van der Waals surface area contributed by atoms with Crippen LogP contribution in [0.2, 0.25) is 0 Å². The normalized spacial score (nSPS) is 11.3. The van der Waals surface area contributed by atoms with Gasteiger partial charge in [-0.1, -0.05) is 36.4 Å². The minimum absolute atomic E-state index is 0.0597. The van der Waals surface area contributed by atoms with Crippen LogP contribution in [0.3, 0.4) is 0 Å². The quantitative estimate of drug-likeness (QED) is 0.426. The van der Waals surface area contributed by atoms with E-state index in [2.05, 4.69) is 10.5 Å². The van der Waals surface area contributed by atoms with Crippen LogP contribution in [0.25, 0.3) is 10.8 Å². The summed E-state index contributed by atoms with van der Waals surface area (Å²) < 4.78 is 0. The van der Waals surface area contributed by atoms with Crippen molar-refractivity contribution in [3.05, 3.63) is 81.9 Å². The number of nitrogens with one attached hydrogen (secondary N) is 1. The lowest BCUT2D eigenvalue weighted by molar-refractivity contribution is -0.384. The number of benzene rings is 3. The highest BCUT2D eigenvalue weighted by molar-refractivity contribution is 6.03. The van der Waals surface area contributed by atoms with Crippen LogP contribution in [0.1, 0.15) is 22.8 Å². The fraction of sp³-hybridized carbons (Fsp3) is 0.0526. The zero-order chi connectivity index (χ0) is 18.7. The van der Waals surface area contributed by atoms with Crippen molar-refractivity contribution in [1.29, 1.82) is 0 Å². The van der Waals surface area contributed by atoms with Gasteiger partial charge >= 0.3 is 0 Å². The molecule has 3 aromatic carbocycles. The number of nitro groups is 1. The third-order valence-corrected chi connectivity index (χ3v) is 3.91. The van der Waals surface area contributed by atoms with Crippen molar-refractivity contribution < 1.29 is 14.8 Å². The van der Waals surface area contributed by atoms with Gasteiger partial charge in [0.1, 0.15) is 5.75 Å². The lowest BCUT2D eigenvalue weighted by Crippen LogP contribution is -2.19. The number of hydrazone groups is 1. The molecule has 0 aliphatic heterocycles. The number of hydrogen-bond acceptors (Lipinski definition) is 5. The number of rotatable bonds is 4. The Bertz CT molecular complexity index is 1040. The number of phenols is 1. The third-order valence-electron chi connectivity index (χ3n) is 3.91. The maximum Gasteiger partial charge on any atom is 0.275 e. The van der Waals surface area contributed by atoms with E-state index >= 15 is 0 Å². The standard InChI is InChI=1S/C19H15N3O4/c1-12(13-7-4-8-16(9-13)22(25)26)20-21-19(24)17-10-14-5-2-3-6-15(14)11-18(17)23/h2-11,23H,1H3,(H,21,24)/b20-12+. The van der Waals surface area contributed by atoms with Crippen molar-refractivity contribution in [2.24, 2.45) is 5.10 Å². The Hall–Kier alpha value is -3.74. The van der Waals surface area contributed by atoms with Gasteiger partial charge in [-0.2, -0.15) is 5.10 Å². The molecule has 0 atom stereocenters. The smallest absolute Gasteiger partial charge is 0.275 e. The Balaban J connectivity index is 1.84. The van der Waals surface area contributed by atoms with Gasteiger partial charge in [0.05, 0.1) is 16.2 Å². The van der Waals surface area contributed by atoms with E-state index in [4.69, 9.17) is 0 Å². The molecule has 0 unspecified atom stereocenters. The number of non-ortho nitro benzene ring substituents is 1. The molecule has 1 amide bonds. The SMILES string of the molecule is C/C(=N\NC(=O)c1cc2ccccc2cc1O)c1cccc([N+](=O)[O-])c1. The lowest BCUT2D eigenvalue weighted by Gasteiger charge is -2.07. The van der Waals surface area contributed by atoms with Crippen molar-refractivity contribution in [3.63, 3.8) is 0 Å². The third kappa shape index (κ3) is 3.51. The van der Waals surface area contributed by atoms with E-state index in [-0.39, 0.29) is 17.0 Å². The number of carbonyl (C=O) groups excluding carboxylic acids is 1. The van der Waals surface area contributed by atoms with Gasteiger partial charge < -0.3 is 5.11 Å². The van der Waals surface area contributed by atoms with Crippen LogP contribution < -0.4 is 5.43 Å². The molecule has 3 rings (SSSR count). The highest BCUT2D eigenvalue weighted by Gasteiger charge is 2.13. The highest BCUT2D eigenvalue weighted by atomic mass is 16.6. The number of carbonyl (C=O) groups is 1. The van der Waals surface area contributed by atoms with Gasteiger partial charge in [-0.25, -0.2) is 5.43 Å². The first kappa shape index (κ1) is 17.1. The maximum atomic E-state index is 12.3. The maximum absolute atomic E-state index is 12.3. The van der Waals surface area contributed by atoms with E-state index in [9.17, 15) is 20.0 Å². The summed E-state index contributed by atoms with van der Waals surface area (Å²) in [6.07, 6.45) is 0. The second-order valence-electron chi connectivity index (χ2n) is 5.66. The fourth-order valence-electron chi connectivity index (χ4n) is 2.51. The van der Waals surface area contributed by atoms with Crippen LogP contribution >= 0.6 is 0 Å². The number of nitro benzene ring substituents is 1. The zero-order valence-corrected chi connectivity index (χ0v) is 13.8. The van der Waals surface area contributed by atoms with Crippen molar-refractivity contribution in [2.75, 3.05) is 0 Å². The van der Waals surface area contributed by atoms with Crippen LogP contribution in [0.5, 0.6) is 5.75 Å². The Labute approximate surface area is 148 Å². The van der Waals surface area contributed by atoms with E-state index in [1.165, 1.54) is 18.2 Å². The predicted octanol–water partition coefficient (Wildman–Crippen LogP) is 3.61. The second kappa shape index (κ2) is 7.02. The Kier molecular flexibility index (Phi) is 4.62. The van der Waals surface area contributed by atoms with E-state index in [0.29, 0.717) is 11.3 Å². The summed E-state index contributed by atoms with van der Waals surface area (Å²) in [5.41, 5.74) is 3.33. The summed E-state index contributed by atoms with van der Waals surface area (Å²) in [5, 5.41) is 26.5. The molecule has 0 aliphatic rings. The zero-order valence-electron chi connectivity index (χ0n) is 13.8. The number of hydrogen-bond donors (Lipinski definition) is 2. The molecule has 3 aromatic rings. The van der Waals surface area contributed by atoms with Gasteiger partial charge in [-0.15, -0.1) is 0 Å². The summed E-state index contributed by atoms with van der Waals surface area (Å²) >= 11 is 0. The van der Waals surface area contributed by atoms with Crippen LogP contribution in [-0.4, -0.2) is 21.6 Å². The average Bonchev–Trinajstić information content (AvgIpc) is 2.65. The first-order chi connectivity index (χ1) is 12.5. The van der Waals surface area contributed by atoms with Gasteiger partial charge in [-0.3, -0.25) is 14.9 Å². The first-order valence-electron chi connectivity index (χ1n) is 7.77. The van der Waals surface area contributed by atoms with Crippen LogP contribution in [0, 0.1) is 10.1 Å². The molecular weight excluding hydrogens is 334 g/mol. The first-order valence-corrected chi connectivity index (χ1v) is 7.77. The lowest BCUT2D eigenvalue weighted by atomic mass is 10.1. The molecule has 0 saturated carbocycles. The molecule has 2 N–H and O–H groups in total. The van der Waals surface area contributed by atoms with Gasteiger partial charge in [0.2, 0.25) is 0 Å². The van der Waals surface area contributed by atoms with Crippen molar-refractivity contribution in [1.82, 2.24) is 5.43 Å². The molecule has 7 heteroatoms. The summed E-state index contributed by atoms with van der Waals surface area (Å²) in [6, 6.07) is 16.4. The molecule has 0 saturated heterocycles. The van der Waals surface area contributed by atoms with Gasteiger partial charge in [-0.05, 0) is 29.8 Å². The average molecular weight is 349 g/mol. The van der Waals surface area contributed by atoms with Crippen LogP contribution in [0.4, 0.5) is 5.69 Å². The summed E-state index contributed by atoms with van der Waals surface area (Å²) in [5.74, 6) is -0.720. The van der Waals surface area contributed by atoms with Crippen LogP contribution in [0.15, 0.2) is 65.8 Å². The summed E-state index contributed by atoms with van der Waals surface area (Å²) in [6.45, 7) is 1.62. The minimum atomic E-state index is -0.571. The largest absolute Gasteiger partial charge is 0.507 e. The van der Waals surface area contributed by atoms with Crippen molar-refractivity contribution in [3.8, 4) is 5.75 Å². The Morgan fingerprint density at radius 3 is 2.46 bits per heavy atom. The summed E-state index contributed by atoms with van der Waals surface area (Å²) in [7, 11) is 0. The van der Waals surface area contributed by atoms with E-state index in [1.807, 2.05) is 24.3 Å². The monoisotopic (exact) mass is 349 g/mol. The van der Waals surface area contributed by atoms with E-state index in [0.717, 1.165) is 10.8 Å². The number of amides is 1. The fourth-order valence-corrected chi connectivity index (χ4v) is 2.51. The molecule has 7 nitrogen and oxygen atoms in total. The molecule has 0 radical (unpaired) electrons. The van der Waals surface area contributed by atoms with Crippen molar-refractivity contribution >= 4 is 28.1 Å². The molecular formula is C19H15N3O4. The molecule has 0 spiro atoms. The topological polar surface area (TPSA) is 105 Å². The van der Waals surface area contributed by atoms with Gasteiger partial charge in [0, 0.05) is 17.7 Å². The number of nitrogens with zero attached hydrogens (tertiary/aromatic N) is 2. The van der Waals surface area contributed by atoms with Crippen molar-refractivity contribution in [2.45, 2.75) is 6.92 Å². The van der Waals surface area contributed by atoms with E-state index < -0.39 is 10.8 Å². The second-order valence-corrected chi connectivity index (χ2v) is 5.66. The highest BCUT2D eigenvalue weighted by Crippen LogP contribution is 2.24. The summed E-state index contributed by atoms with van der Waals surface area (Å²) in [4.78, 5) is 22.7. The molecule has 0 aliphatic carbocycles. The molecule has 130 valence electrons. The molecule has 0 heterocycles.